The van der Waals surface area contributed by atoms with E-state index in [0.717, 1.165) is 23.5 Å². The van der Waals surface area contributed by atoms with Crippen LogP contribution >= 0.6 is 0 Å². The summed E-state index contributed by atoms with van der Waals surface area (Å²) in [4.78, 5) is 11.4. The van der Waals surface area contributed by atoms with Crippen molar-refractivity contribution in [2.24, 2.45) is 0 Å². The molecule has 106 valence electrons. The molecule has 3 heteroatoms. The van der Waals surface area contributed by atoms with Crippen LogP contribution in [0.3, 0.4) is 0 Å². The SMILES string of the molecule is CC(=O)/C(C#N)=C/c1cc(C)n(Cc2ccccc2)c1C. The first kappa shape index (κ1) is 14.8. The minimum Gasteiger partial charge on any atom is -0.344 e. The summed E-state index contributed by atoms with van der Waals surface area (Å²) in [5.74, 6) is -0.203. The highest BCUT2D eigenvalue weighted by Crippen LogP contribution is 2.20. The summed E-state index contributed by atoms with van der Waals surface area (Å²) in [6.07, 6.45) is 1.67. The number of ketones is 1. The second-order valence-corrected chi connectivity index (χ2v) is 5.12. The van der Waals surface area contributed by atoms with Crippen LogP contribution in [0.1, 0.15) is 29.4 Å². The van der Waals surface area contributed by atoms with Gasteiger partial charge >= 0.3 is 0 Å². The highest BCUT2D eigenvalue weighted by Gasteiger charge is 2.10. The first-order chi connectivity index (χ1) is 10.0. The van der Waals surface area contributed by atoms with Gasteiger partial charge in [-0.25, -0.2) is 0 Å². The monoisotopic (exact) mass is 278 g/mol. The fourth-order valence-electron chi connectivity index (χ4n) is 2.35. The highest BCUT2D eigenvalue weighted by molar-refractivity contribution is 6.01. The van der Waals surface area contributed by atoms with Gasteiger partial charge < -0.3 is 4.57 Å². The second-order valence-electron chi connectivity index (χ2n) is 5.12. The predicted molar refractivity (Wildman–Crippen MR) is 83.7 cm³/mol. The number of Topliss-reactive ketones (excluding diaryl/α,β-unsaturated/α-hetero) is 1. The number of carbonyl (C=O) groups is 1. The number of benzene rings is 1. The van der Waals surface area contributed by atoms with Crippen molar-refractivity contribution in [2.75, 3.05) is 0 Å². The topological polar surface area (TPSA) is 45.8 Å². The molecule has 0 unspecified atom stereocenters. The molecule has 0 saturated carbocycles. The van der Waals surface area contributed by atoms with Gasteiger partial charge in [-0.05, 0) is 44.0 Å². The summed E-state index contributed by atoms with van der Waals surface area (Å²) in [5, 5.41) is 9.01. The number of rotatable bonds is 4. The van der Waals surface area contributed by atoms with Gasteiger partial charge in [0.25, 0.3) is 0 Å². The van der Waals surface area contributed by atoms with Gasteiger partial charge in [0.05, 0.1) is 5.57 Å². The van der Waals surface area contributed by atoms with Crippen molar-refractivity contribution in [3.8, 4) is 6.07 Å². The van der Waals surface area contributed by atoms with Crippen molar-refractivity contribution >= 4 is 11.9 Å². The average molecular weight is 278 g/mol. The lowest BCUT2D eigenvalue weighted by Crippen LogP contribution is -2.03. The summed E-state index contributed by atoms with van der Waals surface area (Å²) in [7, 11) is 0. The summed E-state index contributed by atoms with van der Waals surface area (Å²) in [5.41, 5.74) is 4.51. The number of allylic oxidation sites excluding steroid dienone is 1. The molecule has 0 aliphatic carbocycles. The summed E-state index contributed by atoms with van der Waals surface area (Å²) >= 11 is 0. The van der Waals surface area contributed by atoms with Gasteiger partial charge in [0.1, 0.15) is 6.07 Å². The molecule has 0 spiro atoms. The van der Waals surface area contributed by atoms with E-state index >= 15 is 0 Å². The third kappa shape index (κ3) is 3.29. The number of nitriles is 1. The van der Waals surface area contributed by atoms with Crippen LogP contribution in [0.5, 0.6) is 0 Å². The highest BCUT2D eigenvalue weighted by atomic mass is 16.1. The van der Waals surface area contributed by atoms with Crippen LogP contribution in [-0.2, 0) is 11.3 Å². The Morgan fingerprint density at radius 3 is 2.52 bits per heavy atom. The maximum Gasteiger partial charge on any atom is 0.170 e. The van der Waals surface area contributed by atoms with Crippen LogP contribution in [0.25, 0.3) is 6.08 Å². The minimum absolute atomic E-state index is 0.190. The summed E-state index contributed by atoms with van der Waals surface area (Å²) < 4.78 is 2.19. The molecule has 1 aromatic carbocycles. The largest absolute Gasteiger partial charge is 0.344 e. The maximum absolute atomic E-state index is 11.4. The van der Waals surface area contributed by atoms with E-state index < -0.39 is 0 Å². The van der Waals surface area contributed by atoms with Crippen molar-refractivity contribution in [1.29, 1.82) is 5.26 Å². The van der Waals surface area contributed by atoms with E-state index in [2.05, 4.69) is 16.7 Å². The van der Waals surface area contributed by atoms with Crippen LogP contribution in [0.15, 0.2) is 42.0 Å². The molecule has 0 aliphatic heterocycles. The lowest BCUT2D eigenvalue weighted by atomic mass is 10.1. The number of carbonyl (C=O) groups excluding carboxylic acids is 1. The van der Waals surface area contributed by atoms with Crippen molar-refractivity contribution < 1.29 is 4.79 Å². The fraction of sp³-hybridized carbons (Fsp3) is 0.222. The molecule has 1 aromatic heterocycles. The molecule has 0 atom stereocenters. The van der Waals surface area contributed by atoms with Gasteiger partial charge in [0, 0.05) is 17.9 Å². The van der Waals surface area contributed by atoms with E-state index in [0.29, 0.717) is 0 Å². The Kier molecular flexibility index (Phi) is 4.39. The van der Waals surface area contributed by atoms with E-state index in [9.17, 15) is 4.79 Å². The second kappa shape index (κ2) is 6.23. The normalized spacial score (nSPS) is 11.2. The molecule has 0 aliphatic rings. The van der Waals surface area contributed by atoms with Crippen molar-refractivity contribution in [1.82, 2.24) is 4.57 Å². The zero-order valence-electron chi connectivity index (χ0n) is 12.6. The first-order valence-corrected chi connectivity index (χ1v) is 6.86. The van der Waals surface area contributed by atoms with E-state index in [1.807, 2.05) is 44.2 Å². The summed E-state index contributed by atoms with van der Waals surface area (Å²) in [6, 6.07) is 14.2. The molecule has 0 amide bonds. The zero-order valence-corrected chi connectivity index (χ0v) is 12.6. The van der Waals surface area contributed by atoms with Gasteiger partial charge in [-0.3, -0.25) is 4.79 Å². The van der Waals surface area contributed by atoms with Gasteiger partial charge in [-0.15, -0.1) is 0 Å². The molecule has 0 radical (unpaired) electrons. The fourth-order valence-corrected chi connectivity index (χ4v) is 2.35. The van der Waals surface area contributed by atoms with Crippen LogP contribution in [-0.4, -0.2) is 10.4 Å². The Morgan fingerprint density at radius 2 is 1.95 bits per heavy atom. The molecule has 2 aromatic rings. The number of hydrogen-bond donors (Lipinski definition) is 0. The molecule has 0 bridgehead atoms. The Balaban J connectivity index is 2.39. The van der Waals surface area contributed by atoms with Gasteiger partial charge in [0.2, 0.25) is 0 Å². The maximum atomic E-state index is 11.4. The number of aryl methyl sites for hydroxylation is 1. The van der Waals surface area contributed by atoms with Crippen LogP contribution in [0, 0.1) is 25.2 Å². The molecule has 2 rings (SSSR count). The Hall–Kier alpha value is -2.60. The average Bonchev–Trinajstić information content (AvgIpc) is 2.73. The van der Waals surface area contributed by atoms with E-state index in [1.165, 1.54) is 12.5 Å². The third-order valence-corrected chi connectivity index (χ3v) is 3.60. The lowest BCUT2D eigenvalue weighted by molar-refractivity contribution is -0.113. The summed E-state index contributed by atoms with van der Waals surface area (Å²) in [6.45, 7) is 6.25. The molecule has 1 heterocycles. The molecule has 0 fully saturated rings. The zero-order chi connectivity index (χ0) is 15.4. The molecule has 3 nitrogen and oxygen atoms in total. The van der Waals surface area contributed by atoms with Crippen molar-refractivity contribution in [2.45, 2.75) is 27.3 Å². The van der Waals surface area contributed by atoms with Crippen LogP contribution in [0.2, 0.25) is 0 Å². The lowest BCUT2D eigenvalue weighted by Gasteiger charge is -2.09. The Morgan fingerprint density at radius 1 is 1.29 bits per heavy atom. The van der Waals surface area contributed by atoms with Crippen molar-refractivity contribution in [3.05, 3.63) is 64.5 Å². The number of nitrogens with zero attached hydrogens (tertiary/aromatic N) is 2. The standard InChI is InChI=1S/C18H18N2O/c1-13-9-17(10-18(11-19)15(3)21)14(2)20(13)12-16-7-5-4-6-8-16/h4-10H,12H2,1-3H3/b18-10+. The quantitative estimate of drug-likeness (QED) is 0.633. The number of aromatic nitrogens is 1. The molecule has 0 saturated heterocycles. The van der Waals surface area contributed by atoms with E-state index in [-0.39, 0.29) is 11.4 Å². The molecule has 21 heavy (non-hydrogen) atoms. The minimum atomic E-state index is -0.203. The van der Waals surface area contributed by atoms with E-state index in [1.54, 1.807) is 6.08 Å². The predicted octanol–water partition coefficient (Wildman–Crippen LogP) is 3.65. The first-order valence-electron chi connectivity index (χ1n) is 6.86. The molecular weight excluding hydrogens is 260 g/mol. The van der Waals surface area contributed by atoms with Crippen LogP contribution < -0.4 is 0 Å². The van der Waals surface area contributed by atoms with Gasteiger partial charge in [-0.2, -0.15) is 5.26 Å². The Bertz CT molecular complexity index is 731. The Labute approximate surface area is 125 Å². The van der Waals surface area contributed by atoms with Gasteiger partial charge in [0.15, 0.2) is 5.78 Å². The van der Waals surface area contributed by atoms with Crippen molar-refractivity contribution in [3.63, 3.8) is 0 Å². The van der Waals surface area contributed by atoms with Crippen LogP contribution in [0.4, 0.5) is 0 Å². The van der Waals surface area contributed by atoms with Gasteiger partial charge in [-0.1, -0.05) is 30.3 Å². The third-order valence-electron chi connectivity index (χ3n) is 3.60. The molecular formula is C18H18N2O. The molecule has 0 N–H and O–H groups in total. The smallest absolute Gasteiger partial charge is 0.170 e. The number of hydrogen-bond acceptors (Lipinski definition) is 2. The van der Waals surface area contributed by atoms with E-state index in [4.69, 9.17) is 5.26 Å².